The standard InChI is InChI=1S/C29H52O2/c1-5-9-11-13-15-17-20-24-27(23-19-16-14-12-10-6-2)29(30-7-3,31-8-4)28-25-21-18-22-26-28/h18,21-22,25-27H,5-17,19-20,23-24H2,1-4H3. The molecule has 1 atom stereocenters. The molecule has 1 unspecified atom stereocenters. The maximum Gasteiger partial charge on any atom is 0.197 e. The van der Waals surface area contributed by atoms with Gasteiger partial charge in [-0.2, -0.15) is 0 Å². The minimum atomic E-state index is -0.601. The van der Waals surface area contributed by atoms with Gasteiger partial charge in [0, 0.05) is 24.7 Å². The first-order valence-electron chi connectivity index (χ1n) is 13.6. The molecule has 2 nitrogen and oxygen atoms in total. The predicted octanol–water partition coefficient (Wildman–Crippen LogP) is 9.42. The van der Waals surface area contributed by atoms with Gasteiger partial charge in [-0.15, -0.1) is 0 Å². The minimum Gasteiger partial charge on any atom is -0.346 e. The summed E-state index contributed by atoms with van der Waals surface area (Å²) in [6.45, 7) is 10.1. The van der Waals surface area contributed by atoms with Crippen molar-refractivity contribution in [2.75, 3.05) is 13.2 Å². The SMILES string of the molecule is CCCCCCCCCC(CCCCCCCC)C(OCC)(OCC)c1ccccc1. The van der Waals surface area contributed by atoms with E-state index in [4.69, 9.17) is 9.47 Å². The van der Waals surface area contributed by atoms with E-state index in [0.29, 0.717) is 19.1 Å². The third-order valence-electron chi connectivity index (χ3n) is 6.49. The van der Waals surface area contributed by atoms with E-state index in [9.17, 15) is 0 Å². The molecule has 0 aliphatic rings. The van der Waals surface area contributed by atoms with Gasteiger partial charge in [-0.3, -0.25) is 0 Å². The molecular weight excluding hydrogens is 380 g/mol. The van der Waals surface area contributed by atoms with Crippen molar-refractivity contribution in [3.8, 4) is 0 Å². The fourth-order valence-electron chi connectivity index (χ4n) is 4.82. The molecule has 0 aromatic heterocycles. The van der Waals surface area contributed by atoms with Crippen LogP contribution in [0.1, 0.15) is 130 Å². The molecule has 180 valence electrons. The Bertz CT molecular complexity index is 493. The summed E-state index contributed by atoms with van der Waals surface area (Å²) >= 11 is 0. The molecule has 0 heterocycles. The van der Waals surface area contributed by atoms with Crippen molar-refractivity contribution >= 4 is 0 Å². The molecule has 31 heavy (non-hydrogen) atoms. The van der Waals surface area contributed by atoms with E-state index in [1.807, 2.05) is 0 Å². The predicted molar refractivity (Wildman–Crippen MR) is 135 cm³/mol. The number of hydrogen-bond donors (Lipinski definition) is 0. The summed E-state index contributed by atoms with van der Waals surface area (Å²) in [6, 6.07) is 10.7. The van der Waals surface area contributed by atoms with Crippen molar-refractivity contribution < 1.29 is 9.47 Å². The van der Waals surface area contributed by atoms with Gasteiger partial charge in [0.05, 0.1) is 0 Å². The van der Waals surface area contributed by atoms with Crippen LogP contribution in [0, 0.1) is 5.92 Å². The summed E-state index contributed by atoms with van der Waals surface area (Å²) in [5, 5.41) is 0. The van der Waals surface area contributed by atoms with Gasteiger partial charge in [0.2, 0.25) is 0 Å². The minimum absolute atomic E-state index is 0.414. The van der Waals surface area contributed by atoms with Crippen molar-refractivity contribution in [2.45, 2.75) is 130 Å². The van der Waals surface area contributed by atoms with Crippen LogP contribution < -0.4 is 0 Å². The average molecular weight is 433 g/mol. The lowest BCUT2D eigenvalue weighted by Crippen LogP contribution is -2.41. The highest BCUT2D eigenvalue weighted by Gasteiger charge is 2.41. The van der Waals surface area contributed by atoms with Crippen LogP contribution in [-0.2, 0) is 15.3 Å². The molecule has 1 aromatic carbocycles. The largest absolute Gasteiger partial charge is 0.346 e. The van der Waals surface area contributed by atoms with Crippen molar-refractivity contribution in [3.05, 3.63) is 35.9 Å². The second-order valence-electron chi connectivity index (χ2n) is 9.06. The quantitative estimate of drug-likeness (QED) is 0.142. The highest BCUT2D eigenvalue weighted by molar-refractivity contribution is 5.21. The molecule has 1 rings (SSSR count). The van der Waals surface area contributed by atoms with Crippen molar-refractivity contribution in [1.82, 2.24) is 0 Å². The number of benzene rings is 1. The highest BCUT2D eigenvalue weighted by atomic mass is 16.7. The number of ether oxygens (including phenoxy) is 2. The number of hydrogen-bond acceptors (Lipinski definition) is 2. The van der Waals surface area contributed by atoms with Crippen LogP contribution in [0.2, 0.25) is 0 Å². The highest BCUT2D eigenvalue weighted by Crippen LogP contribution is 2.41. The smallest absolute Gasteiger partial charge is 0.197 e. The normalized spacial score (nSPS) is 12.9. The number of unbranched alkanes of at least 4 members (excludes halogenated alkanes) is 11. The van der Waals surface area contributed by atoms with Crippen LogP contribution in [0.4, 0.5) is 0 Å². The summed E-state index contributed by atoms with van der Waals surface area (Å²) in [4.78, 5) is 0. The average Bonchev–Trinajstić information content (AvgIpc) is 2.79. The molecule has 0 radical (unpaired) electrons. The van der Waals surface area contributed by atoms with Crippen LogP contribution in [0.15, 0.2) is 30.3 Å². The zero-order chi connectivity index (χ0) is 22.6. The second kappa shape index (κ2) is 18.7. The summed E-state index contributed by atoms with van der Waals surface area (Å²) in [7, 11) is 0. The van der Waals surface area contributed by atoms with Gasteiger partial charge in [0.1, 0.15) is 0 Å². The van der Waals surface area contributed by atoms with E-state index in [0.717, 1.165) is 0 Å². The van der Waals surface area contributed by atoms with E-state index in [1.54, 1.807) is 0 Å². The van der Waals surface area contributed by atoms with Crippen molar-refractivity contribution in [1.29, 1.82) is 0 Å². The Kier molecular flexibility index (Phi) is 17.0. The maximum absolute atomic E-state index is 6.50. The first-order chi connectivity index (χ1) is 15.2. The van der Waals surface area contributed by atoms with E-state index < -0.39 is 5.79 Å². The fourth-order valence-corrected chi connectivity index (χ4v) is 4.82. The van der Waals surface area contributed by atoms with E-state index in [-0.39, 0.29) is 0 Å². The zero-order valence-corrected chi connectivity index (χ0v) is 21.3. The van der Waals surface area contributed by atoms with Crippen LogP contribution in [0.3, 0.4) is 0 Å². The van der Waals surface area contributed by atoms with Crippen LogP contribution in [-0.4, -0.2) is 13.2 Å². The molecule has 0 amide bonds. The van der Waals surface area contributed by atoms with E-state index in [2.05, 4.69) is 58.0 Å². The fraction of sp³-hybridized carbons (Fsp3) is 0.793. The lowest BCUT2D eigenvalue weighted by molar-refractivity contribution is -0.277. The van der Waals surface area contributed by atoms with Crippen LogP contribution >= 0.6 is 0 Å². The monoisotopic (exact) mass is 432 g/mol. The number of rotatable bonds is 21. The lowest BCUT2D eigenvalue weighted by Gasteiger charge is -2.41. The van der Waals surface area contributed by atoms with Crippen molar-refractivity contribution in [3.63, 3.8) is 0 Å². The van der Waals surface area contributed by atoms with Gasteiger partial charge in [-0.25, -0.2) is 0 Å². The van der Waals surface area contributed by atoms with Gasteiger partial charge in [0.25, 0.3) is 0 Å². The van der Waals surface area contributed by atoms with Gasteiger partial charge in [-0.05, 0) is 26.7 Å². The van der Waals surface area contributed by atoms with Crippen LogP contribution in [0.25, 0.3) is 0 Å². The Morgan fingerprint density at radius 3 is 1.42 bits per heavy atom. The molecule has 1 aromatic rings. The Morgan fingerprint density at radius 2 is 1.00 bits per heavy atom. The third-order valence-corrected chi connectivity index (χ3v) is 6.49. The maximum atomic E-state index is 6.50. The van der Waals surface area contributed by atoms with Gasteiger partial charge in [-0.1, -0.05) is 128 Å². The molecule has 0 aliphatic heterocycles. The Morgan fingerprint density at radius 1 is 0.581 bits per heavy atom. The Balaban J connectivity index is 2.83. The molecule has 0 fully saturated rings. The van der Waals surface area contributed by atoms with Crippen molar-refractivity contribution in [2.24, 2.45) is 5.92 Å². The molecule has 0 saturated carbocycles. The molecule has 0 N–H and O–H groups in total. The zero-order valence-electron chi connectivity index (χ0n) is 21.3. The first-order valence-corrected chi connectivity index (χ1v) is 13.6. The van der Waals surface area contributed by atoms with Crippen LogP contribution in [0.5, 0.6) is 0 Å². The first kappa shape index (κ1) is 28.2. The molecule has 2 heteroatoms. The molecule has 0 bridgehead atoms. The molecular formula is C29H52O2. The summed E-state index contributed by atoms with van der Waals surface area (Å²) < 4.78 is 13.0. The topological polar surface area (TPSA) is 18.5 Å². The van der Waals surface area contributed by atoms with Gasteiger partial charge < -0.3 is 9.47 Å². The summed E-state index contributed by atoms with van der Waals surface area (Å²) in [6.07, 6.45) is 19.9. The van der Waals surface area contributed by atoms with Gasteiger partial charge >= 0.3 is 0 Å². The van der Waals surface area contributed by atoms with E-state index in [1.165, 1.54) is 102 Å². The Hall–Kier alpha value is -0.860. The van der Waals surface area contributed by atoms with E-state index >= 15 is 0 Å². The second-order valence-corrected chi connectivity index (χ2v) is 9.06. The molecule has 0 spiro atoms. The lowest BCUT2D eigenvalue weighted by atomic mass is 9.83. The molecule has 0 saturated heterocycles. The summed E-state index contributed by atoms with van der Waals surface area (Å²) in [5.74, 6) is -0.187. The third kappa shape index (κ3) is 11.0. The molecule has 0 aliphatic carbocycles. The van der Waals surface area contributed by atoms with Gasteiger partial charge in [0.15, 0.2) is 5.79 Å². The Labute approximate surface area is 194 Å². The summed E-state index contributed by atoms with van der Waals surface area (Å²) in [5.41, 5.74) is 1.19.